The van der Waals surface area contributed by atoms with Crippen molar-refractivity contribution in [2.45, 2.75) is 46.6 Å². The molecule has 0 aliphatic carbocycles. The molecule has 0 unspecified atom stereocenters. The first kappa shape index (κ1) is 15.8. The van der Waals surface area contributed by atoms with Crippen molar-refractivity contribution in [3.05, 3.63) is 28.2 Å². The summed E-state index contributed by atoms with van der Waals surface area (Å²) in [5.74, 6) is -0.0891. The second-order valence-electron chi connectivity index (χ2n) is 4.76. The van der Waals surface area contributed by atoms with E-state index in [2.05, 4.69) is 18.7 Å². The van der Waals surface area contributed by atoms with Gasteiger partial charge in [-0.25, -0.2) is 0 Å². The number of aryl methyl sites for hydroxylation is 1. The summed E-state index contributed by atoms with van der Waals surface area (Å²) in [5.41, 5.74) is 0.464. The Morgan fingerprint density at radius 3 is 2.47 bits per heavy atom. The summed E-state index contributed by atoms with van der Waals surface area (Å²) < 4.78 is 2.00. The number of pyridine rings is 1. The summed E-state index contributed by atoms with van der Waals surface area (Å²) in [5, 5.41) is 9.76. The van der Waals surface area contributed by atoms with Gasteiger partial charge in [0.05, 0.1) is 5.69 Å². The molecule has 0 aliphatic rings. The third-order valence-corrected chi connectivity index (χ3v) is 3.61. The van der Waals surface area contributed by atoms with Crippen LogP contribution in [0.1, 0.15) is 39.3 Å². The Morgan fingerprint density at radius 1 is 1.21 bits per heavy atom. The van der Waals surface area contributed by atoms with E-state index < -0.39 is 0 Å². The largest absolute Gasteiger partial charge is 0.503 e. The molecule has 0 saturated carbocycles. The topological polar surface area (TPSA) is 45.5 Å². The number of unbranched alkanes of at least 4 members (excludes halogenated alkanes) is 1. The predicted octanol–water partition coefficient (Wildman–Crippen LogP) is 2.24. The van der Waals surface area contributed by atoms with Gasteiger partial charge in [-0.05, 0) is 38.9 Å². The van der Waals surface area contributed by atoms with Gasteiger partial charge in [0.25, 0.3) is 0 Å². The highest BCUT2D eigenvalue weighted by molar-refractivity contribution is 5.26. The molecule has 0 aromatic carbocycles. The maximum Gasteiger partial charge on any atom is 0.223 e. The molecule has 1 heterocycles. The SMILES string of the molecule is CCc1c(O)c(=O)ccn1CCCCN(CC)CC. The molecule has 4 nitrogen and oxygen atoms in total. The van der Waals surface area contributed by atoms with E-state index in [1.54, 1.807) is 6.20 Å². The fraction of sp³-hybridized carbons (Fsp3) is 0.667. The monoisotopic (exact) mass is 266 g/mol. The van der Waals surface area contributed by atoms with Crippen molar-refractivity contribution < 1.29 is 5.11 Å². The molecule has 1 aromatic rings. The number of aromatic hydroxyl groups is 1. The van der Waals surface area contributed by atoms with E-state index in [1.807, 2.05) is 11.5 Å². The Morgan fingerprint density at radius 2 is 1.89 bits per heavy atom. The van der Waals surface area contributed by atoms with E-state index in [4.69, 9.17) is 0 Å². The minimum atomic E-state index is -0.281. The summed E-state index contributed by atoms with van der Waals surface area (Å²) in [7, 11) is 0. The first-order valence-electron chi connectivity index (χ1n) is 7.27. The van der Waals surface area contributed by atoms with Gasteiger partial charge in [-0.3, -0.25) is 4.79 Å². The number of aromatic nitrogens is 1. The van der Waals surface area contributed by atoms with E-state index in [0.29, 0.717) is 6.42 Å². The molecule has 1 N–H and O–H groups in total. The van der Waals surface area contributed by atoms with Crippen molar-refractivity contribution in [3.63, 3.8) is 0 Å². The average molecular weight is 266 g/mol. The van der Waals surface area contributed by atoms with Gasteiger partial charge in [0.15, 0.2) is 5.75 Å². The fourth-order valence-corrected chi connectivity index (χ4v) is 2.34. The van der Waals surface area contributed by atoms with Gasteiger partial charge >= 0.3 is 0 Å². The third kappa shape index (κ3) is 4.39. The van der Waals surface area contributed by atoms with Crippen LogP contribution in [-0.2, 0) is 13.0 Å². The van der Waals surface area contributed by atoms with E-state index in [-0.39, 0.29) is 11.2 Å². The van der Waals surface area contributed by atoms with Crippen molar-refractivity contribution >= 4 is 0 Å². The van der Waals surface area contributed by atoms with Gasteiger partial charge in [0.1, 0.15) is 0 Å². The van der Waals surface area contributed by atoms with Gasteiger partial charge in [-0.15, -0.1) is 0 Å². The molecule has 0 spiro atoms. The van der Waals surface area contributed by atoms with E-state index >= 15 is 0 Å². The highest BCUT2D eigenvalue weighted by Gasteiger charge is 2.07. The van der Waals surface area contributed by atoms with E-state index in [9.17, 15) is 9.90 Å². The van der Waals surface area contributed by atoms with Gasteiger partial charge in [-0.2, -0.15) is 0 Å². The lowest BCUT2D eigenvalue weighted by atomic mass is 10.2. The Kier molecular flexibility index (Phi) is 6.64. The van der Waals surface area contributed by atoms with Crippen LogP contribution in [0.25, 0.3) is 0 Å². The van der Waals surface area contributed by atoms with Crippen molar-refractivity contribution in [1.29, 1.82) is 0 Å². The second-order valence-corrected chi connectivity index (χ2v) is 4.76. The maximum absolute atomic E-state index is 11.4. The maximum atomic E-state index is 11.4. The van der Waals surface area contributed by atoms with Gasteiger partial charge in [-0.1, -0.05) is 20.8 Å². The van der Waals surface area contributed by atoms with Crippen molar-refractivity contribution in [3.8, 4) is 5.75 Å². The van der Waals surface area contributed by atoms with Crippen LogP contribution in [0.5, 0.6) is 5.75 Å². The fourth-order valence-electron chi connectivity index (χ4n) is 2.34. The third-order valence-electron chi connectivity index (χ3n) is 3.61. The summed E-state index contributed by atoms with van der Waals surface area (Å²) in [6.07, 6.45) is 4.67. The zero-order valence-corrected chi connectivity index (χ0v) is 12.4. The van der Waals surface area contributed by atoms with Crippen LogP contribution in [0.3, 0.4) is 0 Å². The summed E-state index contributed by atoms with van der Waals surface area (Å²) in [6, 6.07) is 1.44. The smallest absolute Gasteiger partial charge is 0.223 e. The minimum absolute atomic E-state index is 0.0891. The lowest BCUT2D eigenvalue weighted by Gasteiger charge is -2.18. The van der Waals surface area contributed by atoms with Crippen LogP contribution < -0.4 is 5.43 Å². The van der Waals surface area contributed by atoms with Crippen molar-refractivity contribution in [2.24, 2.45) is 0 Å². The summed E-state index contributed by atoms with van der Waals surface area (Å²) in [4.78, 5) is 13.8. The standard InChI is InChI=1S/C15H26N2O2/c1-4-13-15(19)14(18)9-12-17(13)11-8-7-10-16(5-2)6-3/h9,12,19H,4-8,10-11H2,1-3H3. The molecule has 0 atom stereocenters. The molecule has 0 fully saturated rings. The van der Waals surface area contributed by atoms with Crippen LogP contribution in [0.4, 0.5) is 0 Å². The molecule has 108 valence electrons. The number of rotatable bonds is 8. The molecule has 0 saturated heterocycles. The Hall–Kier alpha value is -1.29. The molecule has 1 aromatic heterocycles. The normalized spacial score (nSPS) is 11.2. The summed E-state index contributed by atoms with van der Waals surface area (Å²) in [6.45, 7) is 10.5. The minimum Gasteiger partial charge on any atom is -0.503 e. The molecular formula is C15H26N2O2. The molecule has 0 radical (unpaired) electrons. The number of hydrogen-bond donors (Lipinski definition) is 1. The van der Waals surface area contributed by atoms with Crippen LogP contribution in [-0.4, -0.2) is 34.2 Å². The zero-order chi connectivity index (χ0) is 14.3. The molecular weight excluding hydrogens is 240 g/mol. The molecule has 0 aliphatic heterocycles. The quantitative estimate of drug-likeness (QED) is 0.734. The van der Waals surface area contributed by atoms with Gasteiger partial charge < -0.3 is 14.6 Å². The first-order valence-corrected chi connectivity index (χ1v) is 7.27. The molecule has 19 heavy (non-hydrogen) atoms. The number of hydrogen-bond acceptors (Lipinski definition) is 3. The van der Waals surface area contributed by atoms with Crippen molar-refractivity contribution in [2.75, 3.05) is 19.6 Å². The predicted molar refractivity (Wildman–Crippen MR) is 78.8 cm³/mol. The lowest BCUT2D eigenvalue weighted by molar-refractivity contribution is 0.294. The van der Waals surface area contributed by atoms with Gasteiger partial charge in [0, 0.05) is 18.8 Å². The molecule has 0 bridgehead atoms. The van der Waals surface area contributed by atoms with E-state index in [0.717, 1.165) is 44.7 Å². The van der Waals surface area contributed by atoms with Crippen molar-refractivity contribution in [1.82, 2.24) is 9.47 Å². The Labute approximate surface area is 115 Å². The lowest BCUT2D eigenvalue weighted by Crippen LogP contribution is -2.24. The Balaban J connectivity index is 2.54. The van der Waals surface area contributed by atoms with Gasteiger partial charge in [0.2, 0.25) is 5.43 Å². The highest BCUT2D eigenvalue weighted by Crippen LogP contribution is 2.13. The molecule has 0 amide bonds. The van der Waals surface area contributed by atoms with Crippen LogP contribution in [0.15, 0.2) is 17.1 Å². The molecule has 1 rings (SSSR count). The molecule has 4 heteroatoms. The van der Waals surface area contributed by atoms with Crippen LogP contribution in [0.2, 0.25) is 0 Å². The summed E-state index contributed by atoms with van der Waals surface area (Å²) >= 11 is 0. The van der Waals surface area contributed by atoms with E-state index in [1.165, 1.54) is 6.07 Å². The number of nitrogens with zero attached hydrogens (tertiary/aromatic N) is 2. The average Bonchev–Trinajstić information content (AvgIpc) is 2.43. The second kappa shape index (κ2) is 8.00. The Bertz CT molecular complexity index is 436. The first-order chi connectivity index (χ1) is 9.13. The zero-order valence-electron chi connectivity index (χ0n) is 12.4. The van der Waals surface area contributed by atoms with Crippen LogP contribution >= 0.6 is 0 Å². The van der Waals surface area contributed by atoms with Crippen LogP contribution in [0, 0.1) is 0 Å². The highest BCUT2D eigenvalue weighted by atomic mass is 16.3.